The lowest BCUT2D eigenvalue weighted by atomic mass is 9.94. The van der Waals surface area contributed by atoms with Crippen molar-refractivity contribution in [3.8, 4) is 0 Å². The standard InChI is InChI=1S/C17H26N2O2/c20-15-10-14(18-11-17(8-9-17)12-6-7-12)16(21)19(15)13-4-2-1-3-5-13/h12-14,18H,1-11H2. The van der Waals surface area contributed by atoms with E-state index >= 15 is 0 Å². The molecule has 4 heteroatoms. The van der Waals surface area contributed by atoms with Crippen molar-refractivity contribution in [3.05, 3.63) is 0 Å². The number of rotatable bonds is 5. The van der Waals surface area contributed by atoms with Crippen LogP contribution in [-0.4, -0.2) is 35.3 Å². The first-order valence-electron chi connectivity index (χ1n) is 8.79. The molecule has 4 nitrogen and oxygen atoms in total. The topological polar surface area (TPSA) is 49.4 Å². The predicted octanol–water partition coefficient (Wildman–Crippen LogP) is 2.23. The first-order valence-corrected chi connectivity index (χ1v) is 8.79. The van der Waals surface area contributed by atoms with Crippen molar-refractivity contribution in [3.63, 3.8) is 0 Å². The molecule has 116 valence electrons. The van der Waals surface area contributed by atoms with Gasteiger partial charge in [0, 0.05) is 12.6 Å². The number of hydrogen-bond donors (Lipinski definition) is 1. The van der Waals surface area contributed by atoms with E-state index in [0.717, 1.165) is 38.1 Å². The van der Waals surface area contributed by atoms with Gasteiger partial charge in [-0.1, -0.05) is 19.3 Å². The van der Waals surface area contributed by atoms with Gasteiger partial charge in [0.25, 0.3) is 0 Å². The molecule has 1 saturated heterocycles. The molecule has 0 aromatic carbocycles. The zero-order chi connectivity index (χ0) is 14.4. The summed E-state index contributed by atoms with van der Waals surface area (Å²) < 4.78 is 0. The highest BCUT2D eigenvalue weighted by Gasteiger charge is 2.54. The Morgan fingerprint density at radius 2 is 1.76 bits per heavy atom. The van der Waals surface area contributed by atoms with Gasteiger partial charge < -0.3 is 5.32 Å². The third-order valence-electron chi connectivity index (χ3n) is 6.16. The summed E-state index contributed by atoms with van der Waals surface area (Å²) in [5, 5.41) is 3.44. The van der Waals surface area contributed by atoms with Gasteiger partial charge in [0.15, 0.2) is 0 Å². The van der Waals surface area contributed by atoms with Crippen LogP contribution >= 0.6 is 0 Å². The molecule has 3 saturated carbocycles. The first kappa shape index (κ1) is 13.7. The molecule has 0 aromatic rings. The van der Waals surface area contributed by atoms with Crippen molar-refractivity contribution in [2.24, 2.45) is 11.3 Å². The summed E-state index contributed by atoms with van der Waals surface area (Å²) in [6, 6.07) is -0.0560. The molecule has 3 aliphatic carbocycles. The minimum absolute atomic E-state index is 0.0542. The highest BCUT2D eigenvalue weighted by molar-refractivity contribution is 6.05. The smallest absolute Gasteiger partial charge is 0.247 e. The van der Waals surface area contributed by atoms with Gasteiger partial charge in [0.2, 0.25) is 11.8 Å². The Bertz CT molecular complexity index is 448. The fourth-order valence-corrected chi connectivity index (χ4v) is 4.45. The number of carbonyl (C=O) groups is 2. The fraction of sp³-hybridized carbons (Fsp3) is 0.882. The molecule has 1 unspecified atom stereocenters. The van der Waals surface area contributed by atoms with Crippen LogP contribution in [0.3, 0.4) is 0 Å². The van der Waals surface area contributed by atoms with Crippen LogP contribution in [0.25, 0.3) is 0 Å². The third kappa shape index (κ3) is 2.52. The summed E-state index contributed by atoms with van der Waals surface area (Å²) in [4.78, 5) is 26.4. The minimum atomic E-state index is -0.240. The SMILES string of the molecule is O=C1CC(NCC2(C3CC3)CC2)C(=O)N1C1CCCCC1. The van der Waals surface area contributed by atoms with Gasteiger partial charge in [-0.2, -0.15) is 0 Å². The number of likely N-dealkylation sites (tertiary alicyclic amines) is 1. The molecule has 2 amide bonds. The Balaban J connectivity index is 1.36. The Kier molecular flexibility index (Phi) is 3.32. The monoisotopic (exact) mass is 290 g/mol. The third-order valence-corrected chi connectivity index (χ3v) is 6.16. The number of carbonyl (C=O) groups excluding carboxylic acids is 2. The molecule has 21 heavy (non-hydrogen) atoms. The Morgan fingerprint density at radius 3 is 2.38 bits per heavy atom. The fourth-order valence-electron chi connectivity index (χ4n) is 4.45. The molecule has 4 fully saturated rings. The zero-order valence-electron chi connectivity index (χ0n) is 12.8. The number of imide groups is 1. The summed E-state index contributed by atoms with van der Waals surface area (Å²) in [5.74, 6) is 1.01. The highest BCUT2D eigenvalue weighted by Crippen LogP contribution is 2.60. The number of amides is 2. The van der Waals surface area contributed by atoms with Crippen LogP contribution in [0, 0.1) is 11.3 Å². The van der Waals surface area contributed by atoms with Gasteiger partial charge >= 0.3 is 0 Å². The van der Waals surface area contributed by atoms with E-state index in [1.165, 1.54) is 32.1 Å². The molecule has 1 atom stereocenters. The van der Waals surface area contributed by atoms with Crippen LogP contribution in [0.1, 0.15) is 64.2 Å². The van der Waals surface area contributed by atoms with Crippen molar-refractivity contribution in [2.45, 2.75) is 76.3 Å². The van der Waals surface area contributed by atoms with Crippen LogP contribution in [-0.2, 0) is 9.59 Å². The average molecular weight is 290 g/mol. The highest BCUT2D eigenvalue weighted by atomic mass is 16.2. The second-order valence-electron chi connectivity index (χ2n) is 7.67. The number of nitrogens with zero attached hydrogens (tertiary/aromatic N) is 1. The largest absolute Gasteiger partial charge is 0.305 e. The zero-order valence-corrected chi connectivity index (χ0v) is 12.8. The van der Waals surface area contributed by atoms with Crippen LogP contribution in [0.2, 0.25) is 0 Å². The molecule has 0 spiro atoms. The van der Waals surface area contributed by atoms with E-state index in [0.29, 0.717) is 11.8 Å². The van der Waals surface area contributed by atoms with Gasteiger partial charge in [0.1, 0.15) is 0 Å². The van der Waals surface area contributed by atoms with Crippen molar-refractivity contribution in [1.82, 2.24) is 10.2 Å². The van der Waals surface area contributed by atoms with E-state index in [2.05, 4.69) is 5.32 Å². The second-order valence-corrected chi connectivity index (χ2v) is 7.67. The molecular formula is C17H26N2O2. The van der Waals surface area contributed by atoms with Crippen LogP contribution < -0.4 is 5.32 Å². The molecular weight excluding hydrogens is 264 g/mol. The minimum Gasteiger partial charge on any atom is -0.305 e. The summed E-state index contributed by atoms with van der Waals surface area (Å²) in [6.45, 7) is 0.944. The summed E-state index contributed by atoms with van der Waals surface area (Å²) in [7, 11) is 0. The number of hydrogen-bond acceptors (Lipinski definition) is 3. The van der Waals surface area contributed by atoms with Crippen LogP contribution in [0.4, 0.5) is 0 Å². The first-order chi connectivity index (χ1) is 10.2. The summed E-state index contributed by atoms with van der Waals surface area (Å²) in [5.41, 5.74) is 0.488. The van der Waals surface area contributed by atoms with E-state index in [1.54, 1.807) is 4.90 Å². The molecule has 1 aliphatic heterocycles. The lowest BCUT2D eigenvalue weighted by Gasteiger charge is -2.29. The predicted molar refractivity (Wildman–Crippen MR) is 79.5 cm³/mol. The van der Waals surface area contributed by atoms with Crippen molar-refractivity contribution in [1.29, 1.82) is 0 Å². The van der Waals surface area contributed by atoms with Gasteiger partial charge in [-0.3, -0.25) is 14.5 Å². The van der Waals surface area contributed by atoms with Gasteiger partial charge in [-0.05, 0) is 49.9 Å². The van der Waals surface area contributed by atoms with Gasteiger partial charge in [-0.25, -0.2) is 0 Å². The Labute approximate surface area is 126 Å². The average Bonchev–Trinajstić information content (AvgIpc) is 3.37. The maximum Gasteiger partial charge on any atom is 0.247 e. The molecule has 0 bridgehead atoms. The quantitative estimate of drug-likeness (QED) is 0.790. The van der Waals surface area contributed by atoms with Crippen molar-refractivity contribution in [2.75, 3.05) is 6.54 Å². The van der Waals surface area contributed by atoms with E-state index in [1.807, 2.05) is 0 Å². The van der Waals surface area contributed by atoms with E-state index in [9.17, 15) is 9.59 Å². The number of nitrogens with one attached hydrogen (secondary N) is 1. The maximum atomic E-state index is 12.6. The van der Waals surface area contributed by atoms with E-state index in [-0.39, 0.29) is 23.9 Å². The molecule has 1 N–H and O–H groups in total. The summed E-state index contributed by atoms with van der Waals surface area (Å²) >= 11 is 0. The molecule has 0 radical (unpaired) electrons. The Hall–Kier alpha value is -0.900. The van der Waals surface area contributed by atoms with Crippen LogP contribution in [0.15, 0.2) is 0 Å². The van der Waals surface area contributed by atoms with Gasteiger partial charge in [0.05, 0.1) is 12.5 Å². The summed E-state index contributed by atoms with van der Waals surface area (Å²) in [6.07, 6.45) is 11.3. The van der Waals surface area contributed by atoms with Crippen LogP contribution in [0.5, 0.6) is 0 Å². The van der Waals surface area contributed by atoms with E-state index in [4.69, 9.17) is 0 Å². The van der Waals surface area contributed by atoms with E-state index < -0.39 is 0 Å². The lowest BCUT2D eigenvalue weighted by molar-refractivity contribution is -0.142. The van der Waals surface area contributed by atoms with Gasteiger partial charge in [-0.15, -0.1) is 0 Å². The lowest BCUT2D eigenvalue weighted by Crippen LogP contribution is -2.45. The molecule has 4 rings (SSSR count). The second kappa shape index (κ2) is 5.08. The normalized spacial score (nSPS) is 32.8. The molecule has 0 aromatic heterocycles. The molecule has 4 aliphatic rings. The molecule has 1 heterocycles. The maximum absolute atomic E-state index is 12.6. The van der Waals surface area contributed by atoms with Crippen molar-refractivity contribution < 1.29 is 9.59 Å². The van der Waals surface area contributed by atoms with Crippen molar-refractivity contribution >= 4 is 11.8 Å². The Morgan fingerprint density at radius 1 is 1.05 bits per heavy atom.